The van der Waals surface area contributed by atoms with Gasteiger partial charge in [-0.05, 0) is 6.92 Å². The summed E-state index contributed by atoms with van der Waals surface area (Å²) in [6.07, 6.45) is 0. The van der Waals surface area contributed by atoms with Crippen molar-refractivity contribution in [2.75, 3.05) is 26.2 Å². The van der Waals surface area contributed by atoms with Gasteiger partial charge in [0.15, 0.2) is 5.82 Å². The zero-order valence-electron chi connectivity index (χ0n) is 10.2. The topological polar surface area (TPSA) is 54.2 Å². The van der Waals surface area contributed by atoms with Gasteiger partial charge in [-0.15, -0.1) is 0 Å². The molecule has 0 spiro atoms. The Labute approximate surface area is 96.2 Å². The molecular formula is C11H20N4O. The summed E-state index contributed by atoms with van der Waals surface area (Å²) < 4.78 is 5.32. The van der Waals surface area contributed by atoms with Crippen LogP contribution in [0.15, 0.2) is 4.52 Å². The number of nitrogens with zero attached hydrogens (tertiary/aromatic N) is 3. The maximum atomic E-state index is 5.32. The molecule has 1 saturated heterocycles. The first-order chi connectivity index (χ1) is 7.68. The molecule has 1 fully saturated rings. The molecular weight excluding hydrogens is 204 g/mol. The highest BCUT2D eigenvalue weighted by molar-refractivity contribution is 4.96. The Morgan fingerprint density at radius 3 is 2.50 bits per heavy atom. The van der Waals surface area contributed by atoms with E-state index >= 15 is 0 Å². The van der Waals surface area contributed by atoms with Crippen molar-refractivity contribution in [3.63, 3.8) is 0 Å². The highest BCUT2D eigenvalue weighted by Gasteiger charge is 2.23. The largest absolute Gasteiger partial charge is 0.338 e. The minimum absolute atomic E-state index is 0.224. The van der Waals surface area contributed by atoms with Crippen molar-refractivity contribution < 1.29 is 4.52 Å². The lowest BCUT2D eigenvalue weighted by Crippen LogP contribution is -2.44. The summed E-state index contributed by atoms with van der Waals surface area (Å²) in [5, 5.41) is 7.34. The monoisotopic (exact) mass is 224 g/mol. The van der Waals surface area contributed by atoms with E-state index in [1.807, 2.05) is 0 Å². The quantitative estimate of drug-likeness (QED) is 0.835. The van der Waals surface area contributed by atoms with Gasteiger partial charge in [-0.1, -0.05) is 19.0 Å². The lowest BCUT2D eigenvalue weighted by atomic mass is 10.2. The fourth-order valence-electron chi connectivity index (χ4n) is 1.88. The molecule has 0 unspecified atom stereocenters. The van der Waals surface area contributed by atoms with Crippen LogP contribution in [0, 0.1) is 0 Å². The average Bonchev–Trinajstić information content (AvgIpc) is 2.78. The minimum Gasteiger partial charge on any atom is -0.338 e. The van der Waals surface area contributed by atoms with Gasteiger partial charge in [0.1, 0.15) is 0 Å². The number of aromatic nitrogens is 2. The molecule has 1 aromatic rings. The zero-order chi connectivity index (χ0) is 11.5. The second-order valence-corrected chi connectivity index (χ2v) is 4.61. The van der Waals surface area contributed by atoms with Crippen LogP contribution in [-0.4, -0.2) is 41.2 Å². The van der Waals surface area contributed by atoms with Crippen LogP contribution in [0.25, 0.3) is 0 Å². The molecule has 0 aliphatic carbocycles. The predicted molar refractivity (Wildman–Crippen MR) is 61.2 cm³/mol. The third-order valence-electron chi connectivity index (χ3n) is 3.03. The summed E-state index contributed by atoms with van der Waals surface area (Å²) in [6.45, 7) is 10.4. The number of hydrogen-bond acceptors (Lipinski definition) is 5. The highest BCUT2D eigenvalue weighted by atomic mass is 16.5. The summed E-state index contributed by atoms with van der Waals surface area (Å²) >= 11 is 0. The van der Waals surface area contributed by atoms with Crippen LogP contribution in [0.2, 0.25) is 0 Å². The molecule has 2 rings (SSSR count). The van der Waals surface area contributed by atoms with Crippen LogP contribution in [-0.2, 0) is 0 Å². The highest BCUT2D eigenvalue weighted by Crippen LogP contribution is 2.20. The van der Waals surface area contributed by atoms with E-state index in [0.717, 1.165) is 37.9 Å². The van der Waals surface area contributed by atoms with E-state index in [1.165, 1.54) is 0 Å². The second-order valence-electron chi connectivity index (χ2n) is 4.61. The van der Waals surface area contributed by atoms with E-state index in [4.69, 9.17) is 4.52 Å². The average molecular weight is 224 g/mol. The molecule has 1 aromatic heterocycles. The SMILES string of the molecule is CC(C)c1noc([C@H](C)N2CCNCC2)n1. The standard InChI is InChI=1S/C11H20N4O/c1-8(2)10-13-11(16-14-10)9(3)15-6-4-12-5-7-15/h8-9,12H,4-7H2,1-3H3/t9-/m0/s1. The van der Waals surface area contributed by atoms with E-state index in [9.17, 15) is 0 Å². The molecule has 0 saturated carbocycles. The summed E-state index contributed by atoms with van der Waals surface area (Å²) in [5.74, 6) is 1.87. The van der Waals surface area contributed by atoms with Crippen molar-refractivity contribution in [3.8, 4) is 0 Å². The number of nitrogens with one attached hydrogen (secondary N) is 1. The van der Waals surface area contributed by atoms with Crippen molar-refractivity contribution in [2.24, 2.45) is 0 Å². The van der Waals surface area contributed by atoms with Gasteiger partial charge in [-0.3, -0.25) is 4.90 Å². The zero-order valence-corrected chi connectivity index (χ0v) is 10.2. The van der Waals surface area contributed by atoms with Crippen LogP contribution in [0.3, 0.4) is 0 Å². The van der Waals surface area contributed by atoms with E-state index in [-0.39, 0.29) is 6.04 Å². The maximum absolute atomic E-state index is 5.32. The summed E-state index contributed by atoms with van der Waals surface area (Å²) in [5.41, 5.74) is 0. The van der Waals surface area contributed by atoms with Gasteiger partial charge >= 0.3 is 0 Å². The first-order valence-corrected chi connectivity index (χ1v) is 5.96. The Bertz CT molecular complexity index is 330. The first kappa shape index (κ1) is 11.5. The maximum Gasteiger partial charge on any atom is 0.243 e. The van der Waals surface area contributed by atoms with Crippen molar-refractivity contribution in [1.29, 1.82) is 0 Å². The second kappa shape index (κ2) is 4.93. The molecule has 0 bridgehead atoms. The third-order valence-corrected chi connectivity index (χ3v) is 3.03. The van der Waals surface area contributed by atoms with Crippen molar-refractivity contribution in [3.05, 3.63) is 11.7 Å². The van der Waals surface area contributed by atoms with Gasteiger partial charge < -0.3 is 9.84 Å². The van der Waals surface area contributed by atoms with Crippen LogP contribution >= 0.6 is 0 Å². The molecule has 1 N–H and O–H groups in total. The minimum atomic E-state index is 0.224. The Morgan fingerprint density at radius 1 is 1.25 bits per heavy atom. The molecule has 5 heteroatoms. The van der Waals surface area contributed by atoms with Crippen LogP contribution < -0.4 is 5.32 Å². The van der Waals surface area contributed by atoms with Crippen LogP contribution in [0.4, 0.5) is 0 Å². The van der Waals surface area contributed by atoms with Gasteiger partial charge in [0.2, 0.25) is 5.89 Å². The fourth-order valence-corrected chi connectivity index (χ4v) is 1.88. The summed E-state index contributed by atoms with van der Waals surface area (Å²) in [6, 6.07) is 0.224. The normalized spacial score (nSPS) is 20.2. The molecule has 0 amide bonds. The van der Waals surface area contributed by atoms with Crippen LogP contribution in [0.5, 0.6) is 0 Å². The van der Waals surface area contributed by atoms with Gasteiger partial charge in [-0.25, -0.2) is 0 Å². The van der Waals surface area contributed by atoms with Gasteiger partial charge in [-0.2, -0.15) is 4.98 Å². The molecule has 90 valence electrons. The lowest BCUT2D eigenvalue weighted by molar-refractivity contribution is 0.154. The summed E-state index contributed by atoms with van der Waals surface area (Å²) in [7, 11) is 0. The van der Waals surface area contributed by atoms with Crippen LogP contribution in [0.1, 0.15) is 44.4 Å². The molecule has 1 aliphatic heterocycles. The molecule has 5 nitrogen and oxygen atoms in total. The Hall–Kier alpha value is -0.940. The predicted octanol–water partition coefficient (Wildman–Crippen LogP) is 1.16. The van der Waals surface area contributed by atoms with E-state index in [2.05, 4.69) is 41.1 Å². The summed E-state index contributed by atoms with van der Waals surface area (Å²) in [4.78, 5) is 6.81. The van der Waals surface area contributed by atoms with Crippen molar-refractivity contribution in [2.45, 2.75) is 32.7 Å². The Balaban J connectivity index is 2.04. The molecule has 0 aromatic carbocycles. The van der Waals surface area contributed by atoms with Gasteiger partial charge in [0.25, 0.3) is 0 Å². The van der Waals surface area contributed by atoms with Crippen molar-refractivity contribution in [1.82, 2.24) is 20.4 Å². The Morgan fingerprint density at radius 2 is 1.94 bits per heavy atom. The van der Waals surface area contributed by atoms with Gasteiger partial charge in [0.05, 0.1) is 6.04 Å². The Kier molecular flexibility index (Phi) is 3.56. The smallest absolute Gasteiger partial charge is 0.243 e. The van der Waals surface area contributed by atoms with Crippen molar-refractivity contribution >= 4 is 0 Å². The molecule has 1 aliphatic rings. The fraction of sp³-hybridized carbons (Fsp3) is 0.818. The molecule has 0 radical (unpaired) electrons. The van der Waals surface area contributed by atoms with E-state index in [1.54, 1.807) is 0 Å². The van der Waals surface area contributed by atoms with E-state index < -0.39 is 0 Å². The van der Waals surface area contributed by atoms with Gasteiger partial charge in [0, 0.05) is 32.1 Å². The molecule has 2 heterocycles. The number of hydrogen-bond donors (Lipinski definition) is 1. The molecule has 1 atom stereocenters. The third kappa shape index (κ3) is 2.41. The van der Waals surface area contributed by atoms with E-state index in [0.29, 0.717) is 5.92 Å². The first-order valence-electron chi connectivity index (χ1n) is 5.96. The number of rotatable bonds is 3. The molecule has 16 heavy (non-hydrogen) atoms. The lowest BCUT2D eigenvalue weighted by Gasteiger charge is -2.30. The number of piperazine rings is 1.